The second-order valence-corrected chi connectivity index (χ2v) is 7.76. The summed E-state index contributed by atoms with van der Waals surface area (Å²) in [4.78, 5) is 14.5. The Balaban J connectivity index is 0.000000496. The highest BCUT2D eigenvalue weighted by atomic mass is 32.3. The Morgan fingerprint density at radius 2 is 1.52 bits per heavy atom. The molecule has 17 heteroatoms. The maximum Gasteiger partial charge on any atom is 0.480 e. The van der Waals surface area contributed by atoms with E-state index in [1.165, 1.54) is 0 Å². The molecule has 0 radical (unpaired) electrons. The van der Waals surface area contributed by atoms with Crippen LogP contribution in [0.15, 0.2) is 4.99 Å². The minimum atomic E-state index is -6.72. The predicted octanol–water partition coefficient (Wildman–Crippen LogP) is -0.116. The summed E-state index contributed by atoms with van der Waals surface area (Å²) in [6.07, 6.45) is 0.646. The number of amidine groups is 1. The largest absolute Gasteiger partial charge is 0.480 e. The van der Waals surface area contributed by atoms with E-state index in [2.05, 4.69) is 4.99 Å². The smallest absolute Gasteiger partial charge is 0.477 e. The first-order chi connectivity index (χ1) is 10.9. The molecule has 0 aromatic rings. The lowest BCUT2D eigenvalue weighted by atomic mass is 10.2. The van der Waals surface area contributed by atoms with Crippen molar-refractivity contribution in [2.45, 2.75) is 30.4 Å². The molecule has 1 atom stereocenters. The average molecular weight is 423 g/mol. The molecular weight excluding hydrogens is 412 g/mol. The van der Waals surface area contributed by atoms with Crippen LogP contribution in [0.5, 0.6) is 0 Å². The van der Waals surface area contributed by atoms with E-state index in [9.17, 15) is 48.0 Å². The van der Waals surface area contributed by atoms with E-state index < -0.39 is 37.0 Å². The Morgan fingerprint density at radius 1 is 1.12 bits per heavy atom. The van der Waals surface area contributed by atoms with Crippen molar-refractivity contribution >= 4 is 31.9 Å². The standard InChI is InChI=1S/C6H10N2O2.C2F6NO4S2/c1-4-7-3-2-5(8-4)6(9)10;3-1(4,5)14(10,11)9-15(12,13)2(6,7)8/h5H,2-3H2,1H3,(H,7,8)(H,9,10);/q;-1/p+1. The highest BCUT2D eigenvalue weighted by Gasteiger charge is 2.46. The molecule has 0 aromatic carbocycles. The Morgan fingerprint density at radius 3 is 1.76 bits per heavy atom. The number of hydrogen-bond acceptors (Lipinski definition) is 6. The van der Waals surface area contributed by atoms with Crippen LogP contribution in [0.1, 0.15) is 13.3 Å². The van der Waals surface area contributed by atoms with E-state index in [1.807, 2.05) is 6.92 Å². The average Bonchev–Trinajstić information content (AvgIpc) is 2.35. The summed E-state index contributed by atoms with van der Waals surface area (Å²) < 4.78 is 109. The molecule has 0 fully saturated rings. The second-order valence-electron chi connectivity index (χ2n) is 4.34. The van der Waals surface area contributed by atoms with Crippen molar-refractivity contribution in [2.75, 3.05) is 6.54 Å². The van der Waals surface area contributed by atoms with Gasteiger partial charge in [-0.1, -0.05) is 0 Å². The molecule has 3 N–H and O–H groups in total. The van der Waals surface area contributed by atoms with Crippen molar-refractivity contribution in [1.29, 1.82) is 0 Å². The fourth-order valence-electron chi connectivity index (χ4n) is 1.22. The molecule has 1 aliphatic rings. The third-order valence-electron chi connectivity index (χ3n) is 2.34. The van der Waals surface area contributed by atoms with Gasteiger partial charge in [0.15, 0.2) is 31.9 Å². The maximum atomic E-state index is 11.4. The number of halogens is 6. The van der Waals surface area contributed by atoms with Crippen molar-refractivity contribution in [3.63, 3.8) is 0 Å². The van der Waals surface area contributed by atoms with Gasteiger partial charge in [-0.05, 0) is 0 Å². The molecular formula is C8H11F6N3O6S2. The van der Waals surface area contributed by atoms with Crippen LogP contribution in [0.25, 0.3) is 4.13 Å². The summed E-state index contributed by atoms with van der Waals surface area (Å²) in [7, 11) is -13.4. The SMILES string of the molecule is CC1=NCCC(C(=O)O)[NH2+]1.O=S(=O)([N-]S(=O)(=O)C(F)(F)F)C(F)(F)F. The van der Waals surface area contributed by atoms with Gasteiger partial charge in [0.05, 0.1) is 6.54 Å². The molecule has 0 aromatic heterocycles. The van der Waals surface area contributed by atoms with E-state index in [0.29, 0.717) is 13.0 Å². The van der Waals surface area contributed by atoms with Crippen LogP contribution >= 0.6 is 0 Å². The highest BCUT2D eigenvalue weighted by Crippen LogP contribution is 2.36. The van der Waals surface area contributed by atoms with Crippen LogP contribution in [-0.4, -0.2) is 57.4 Å². The van der Waals surface area contributed by atoms with Gasteiger partial charge < -0.3 is 9.23 Å². The molecule has 0 spiro atoms. The molecule has 25 heavy (non-hydrogen) atoms. The normalized spacial score (nSPS) is 19.5. The zero-order valence-electron chi connectivity index (χ0n) is 12.0. The van der Waals surface area contributed by atoms with Crippen LogP contribution in [0.4, 0.5) is 26.3 Å². The van der Waals surface area contributed by atoms with Crippen LogP contribution in [0.3, 0.4) is 0 Å². The zero-order chi connectivity index (χ0) is 20.3. The van der Waals surface area contributed by atoms with Crippen molar-refractivity contribution in [2.24, 2.45) is 4.99 Å². The number of rotatable bonds is 3. The Hall–Kier alpha value is -1.46. The zero-order valence-corrected chi connectivity index (χ0v) is 13.7. The van der Waals surface area contributed by atoms with Crippen LogP contribution in [0, 0.1) is 0 Å². The second kappa shape index (κ2) is 7.83. The quantitative estimate of drug-likeness (QED) is 0.605. The minimum absolute atomic E-state index is 0.308. The first-order valence-corrected chi connectivity index (χ1v) is 8.74. The van der Waals surface area contributed by atoms with Gasteiger partial charge in [-0.15, -0.1) is 0 Å². The summed E-state index contributed by atoms with van der Waals surface area (Å²) in [6.45, 7) is 2.48. The number of aliphatic carboxylic acids is 1. The van der Waals surface area contributed by atoms with Crippen molar-refractivity contribution < 1.29 is 58.4 Å². The highest BCUT2D eigenvalue weighted by molar-refractivity contribution is 8.13. The third kappa shape index (κ3) is 7.12. The van der Waals surface area contributed by atoms with Gasteiger partial charge in [0.2, 0.25) is 0 Å². The monoisotopic (exact) mass is 423 g/mol. The number of carboxylic acids is 1. The number of sulfonamides is 2. The molecule has 0 bridgehead atoms. The third-order valence-corrected chi connectivity index (χ3v) is 5.08. The van der Waals surface area contributed by atoms with Gasteiger partial charge in [0, 0.05) is 13.3 Å². The predicted molar refractivity (Wildman–Crippen MR) is 69.3 cm³/mol. The molecule has 0 saturated heterocycles. The van der Waals surface area contributed by atoms with Crippen molar-refractivity contribution in [1.82, 2.24) is 0 Å². The molecule has 1 heterocycles. The lowest BCUT2D eigenvalue weighted by Gasteiger charge is -2.22. The van der Waals surface area contributed by atoms with E-state index >= 15 is 0 Å². The van der Waals surface area contributed by atoms with Crippen molar-refractivity contribution in [3.05, 3.63) is 4.13 Å². The Bertz CT molecular complexity index is 684. The van der Waals surface area contributed by atoms with Gasteiger partial charge in [-0.3, -0.25) is 5.32 Å². The maximum absolute atomic E-state index is 11.4. The fourth-order valence-corrected chi connectivity index (χ4v) is 2.93. The molecule has 1 aliphatic heterocycles. The number of carbonyl (C=O) groups is 1. The molecule has 0 saturated carbocycles. The number of hydrogen-bond donors (Lipinski definition) is 2. The van der Waals surface area contributed by atoms with E-state index in [4.69, 9.17) is 5.11 Å². The molecule has 1 rings (SSSR count). The lowest BCUT2D eigenvalue weighted by Crippen LogP contribution is -2.95. The van der Waals surface area contributed by atoms with E-state index in [-0.39, 0.29) is 6.04 Å². The molecule has 148 valence electrons. The lowest BCUT2D eigenvalue weighted by molar-refractivity contribution is -0.573. The fraction of sp³-hybridized carbons (Fsp3) is 0.750. The number of carboxylic acid groups (broad SMARTS) is 1. The van der Waals surface area contributed by atoms with Crippen LogP contribution in [0.2, 0.25) is 0 Å². The van der Waals surface area contributed by atoms with Gasteiger partial charge in [0.1, 0.15) is 0 Å². The summed E-state index contributed by atoms with van der Waals surface area (Å²) in [5.41, 5.74) is -12.4. The summed E-state index contributed by atoms with van der Waals surface area (Å²) in [6, 6.07) is -0.308. The van der Waals surface area contributed by atoms with Gasteiger partial charge >= 0.3 is 17.0 Å². The minimum Gasteiger partial charge on any atom is -0.477 e. The van der Waals surface area contributed by atoms with Gasteiger partial charge in [-0.2, -0.15) is 26.3 Å². The molecule has 0 amide bonds. The topological polar surface area (TPSA) is 149 Å². The summed E-state index contributed by atoms with van der Waals surface area (Å²) >= 11 is 0. The van der Waals surface area contributed by atoms with E-state index in [1.54, 1.807) is 5.32 Å². The van der Waals surface area contributed by atoms with Gasteiger partial charge in [-0.25, -0.2) is 26.6 Å². The summed E-state index contributed by atoms with van der Waals surface area (Å²) in [5.74, 6) is 0.105. The summed E-state index contributed by atoms with van der Waals surface area (Å²) in [5, 5.41) is 10.3. The first-order valence-electron chi connectivity index (χ1n) is 5.86. The van der Waals surface area contributed by atoms with Crippen LogP contribution < -0.4 is 5.32 Å². The number of aliphatic imine (C=N–C) groups is 1. The molecule has 0 aliphatic carbocycles. The number of nitrogens with two attached hydrogens (primary N) is 1. The van der Waals surface area contributed by atoms with Crippen LogP contribution in [-0.2, 0) is 24.8 Å². The molecule has 1 unspecified atom stereocenters. The van der Waals surface area contributed by atoms with E-state index in [0.717, 1.165) is 9.96 Å². The molecule has 9 nitrogen and oxygen atoms in total. The van der Waals surface area contributed by atoms with Gasteiger partial charge in [0.25, 0.3) is 0 Å². The number of quaternary nitrogens is 1. The number of alkyl halides is 6. The first kappa shape index (κ1) is 23.5. The Kier molecular flexibility index (Phi) is 7.38. The number of nitrogens with zero attached hydrogens (tertiary/aromatic N) is 2. The Labute approximate surface area is 137 Å². The van der Waals surface area contributed by atoms with Crippen molar-refractivity contribution in [3.8, 4) is 0 Å².